The van der Waals surface area contributed by atoms with E-state index in [1.54, 1.807) is 17.1 Å². The average Bonchev–Trinajstić information content (AvgIpc) is 2.94. The Balaban J connectivity index is 1.72. The number of aryl methyl sites for hydroxylation is 1. The van der Waals surface area contributed by atoms with E-state index in [0.717, 1.165) is 18.5 Å². The molecule has 2 amide bonds. The number of aromatic nitrogens is 2. The van der Waals surface area contributed by atoms with E-state index in [1.165, 1.54) is 0 Å². The number of urea groups is 1. The zero-order valence-corrected chi connectivity index (χ0v) is 12.7. The first-order chi connectivity index (χ1) is 10.7. The van der Waals surface area contributed by atoms with Crippen molar-refractivity contribution in [3.63, 3.8) is 0 Å². The third kappa shape index (κ3) is 5.21. The molecule has 2 rings (SSSR count). The summed E-state index contributed by atoms with van der Waals surface area (Å²) in [4.78, 5) is 11.8. The van der Waals surface area contributed by atoms with Gasteiger partial charge in [0, 0.05) is 25.7 Å². The van der Waals surface area contributed by atoms with E-state index >= 15 is 0 Å². The Bertz CT molecular complexity index is 583. The van der Waals surface area contributed by atoms with Gasteiger partial charge in [-0.25, -0.2) is 4.79 Å². The van der Waals surface area contributed by atoms with E-state index in [2.05, 4.69) is 22.7 Å². The molecule has 3 N–H and O–H groups in total. The number of hydrogen-bond acceptors (Lipinski definition) is 3. The van der Waals surface area contributed by atoms with Crippen LogP contribution in [0.1, 0.15) is 18.9 Å². The van der Waals surface area contributed by atoms with Gasteiger partial charge in [0.15, 0.2) is 0 Å². The van der Waals surface area contributed by atoms with E-state index in [0.29, 0.717) is 12.1 Å². The van der Waals surface area contributed by atoms with Crippen molar-refractivity contribution in [3.8, 4) is 0 Å². The lowest BCUT2D eigenvalue weighted by atomic mass is 10.1. The van der Waals surface area contributed by atoms with Crippen LogP contribution in [-0.2, 0) is 13.0 Å². The first kappa shape index (κ1) is 16.0. The summed E-state index contributed by atoms with van der Waals surface area (Å²) in [5.41, 5.74) is 1.68. The lowest BCUT2D eigenvalue weighted by molar-refractivity contribution is 0.172. The van der Waals surface area contributed by atoms with Gasteiger partial charge in [-0.3, -0.25) is 4.68 Å². The number of anilines is 1. The number of carbonyl (C=O) groups is 1. The minimum atomic E-state index is -0.615. The molecule has 0 fully saturated rings. The normalized spacial score (nSPS) is 11.9. The Morgan fingerprint density at radius 1 is 1.36 bits per heavy atom. The summed E-state index contributed by atoms with van der Waals surface area (Å²) >= 11 is 0. The van der Waals surface area contributed by atoms with E-state index in [-0.39, 0.29) is 12.6 Å². The van der Waals surface area contributed by atoms with Crippen LogP contribution in [0.25, 0.3) is 0 Å². The van der Waals surface area contributed by atoms with Crippen LogP contribution in [0, 0.1) is 0 Å². The summed E-state index contributed by atoms with van der Waals surface area (Å²) in [5, 5.41) is 19.4. The Hall–Kier alpha value is -2.34. The molecule has 6 heteroatoms. The molecule has 2 aromatic rings. The van der Waals surface area contributed by atoms with Crippen molar-refractivity contribution in [1.29, 1.82) is 0 Å². The molecule has 0 radical (unpaired) electrons. The number of carbonyl (C=O) groups excluding carboxylic acids is 1. The van der Waals surface area contributed by atoms with Crippen LogP contribution in [0.4, 0.5) is 10.5 Å². The molecule has 0 saturated heterocycles. The number of amides is 2. The van der Waals surface area contributed by atoms with Crippen LogP contribution in [0.15, 0.2) is 42.7 Å². The fourth-order valence-corrected chi connectivity index (χ4v) is 2.12. The van der Waals surface area contributed by atoms with Crippen molar-refractivity contribution in [2.24, 2.45) is 0 Å². The summed E-state index contributed by atoms with van der Waals surface area (Å²) in [6.07, 6.45) is 4.27. The number of nitrogens with one attached hydrogen (secondary N) is 2. The van der Waals surface area contributed by atoms with Gasteiger partial charge in [-0.1, -0.05) is 37.3 Å². The predicted molar refractivity (Wildman–Crippen MR) is 85.7 cm³/mol. The summed E-state index contributed by atoms with van der Waals surface area (Å²) in [6.45, 7) is 3.08. The molecular formula is C16H22N4O2. The Morgan fingerprint density at radius 3 is 2.86 bits per heavy atom. The third-order valence-electron chi connectivity index (χ3n) is 3.16. The fourth-order valence-electron chi connectivity index (χ4n) is 2.12. The molecule has 0 spiro atoms. The number of aliphatic hydroxyl groups is 1. The van der Waals surface area contributed by atoms with Crippen LogP contribution >= 0.6 is 0 Å². The maximum atomic E-state index is 11.8. The van der Waals surface area contributed by atoms with Gasteiger partial charge >= 0.3 is 6.03 Å². The van der Waals surface area contributed by atoms with Crippen molar-refractivity contribution in [1.82, 2.24) is 15.1 Å². The predicted octanol–water partition coefficient (Wildman–Crippen LogP) is 2.02. The molecular weight excluding hydrogens is 280 g/mol. The third-order valence-corrected chi connectivity index (χ3v) is 3.16. The molecule has 118 valence electrons. The number of aliphatic hydroxyl groups excluding tert-OH is 1. The van der Waals surface area contributed by atoms with Crippen molar-refractivity contribution >= 4 is 11.7 Å². The summed E-state index contributed by atoms with van der Waals surface area (Å²) in [5.74, 6) is 0. The molecule has 0 aliphatic rings. The van der Waals surface area contributed by atoms with Crippen molar-refractivity contribution in [2.45, 2.75) is 32.4 Å². The van der Waals surface area contributed by atoms with Gasteiger partial charge < -0.3 is 15.7 Å². The van der Waals surface area contributed by atoms with Gasteiger partial charge in [0.1, 0.15) is 0 Å². The number of benzene rings is 1. The maximum absolute atomic E-state index is 11.8. The summed E-state index contributed by atoms with van der Waals surface area (Å²) < 4.78 is 1.78. The van der Waals surface area contributed by atoms with Crippen LogP contribution in [0.2, 0.25) is 0 Å². The molecule has 6 nitrogen and oxygen atoms in total. The molecule has 1 aromatic heterocycles. The highest BCUT2D eigenvalue weighted by Crippen LogP contribution is 2.05. The van der Waals surface area contributed by atoms with Crippen molar-refractivity contribution < 1.29 is 9.90 Å². The van der Waals surface area contributed by atoms with Crippen molar-refractivity contribution in [2.75, 3.05) is 11.9 Å². The Morgan fingerprint density at radius 2 is 2.14 bits per heavy atom. The first-order valence-corrected chi connectivity index (χ1v) is 7.46. The smallest absolute Gasteiger partial charge is 0.319 e. The second-order valence-corrected chi connectivity index (χ2v) is 5.17. The number of hydrogen-bond donors (Lipinski definition) is 3. The van der Waals surface area contributed by atoms with E-state index in [1.807, 2.05) is 30.3 Å². The van der Waals surface area contributed by atoms with E-state index in [9.17, 15) is 9.90 Å². The zero-order valence-electron chi connectivity index (χ0n) is 12.7. The SMILES string of the molecule is CCCn1cc(NC(=O)NCC(O)Cc2ccccc2)cn1. The molecule has 22 heavy (non-hydrogen) atoms. The monoisotopic (exact) mass is 302 g/mol. The van der Waals surface area contributed by atoms with Gasteiger partial charge in [0.25, 0.3) is 0 Å². The quantitative estimate of drug-likeness (QED) is 0.732. The molecule has 1 heterocycles. The lowest BCUT2D eigenvalue weighted by Gasteiger charge is -2.12. The van der Waals surface area contributed by atoms with Crippen LogP contribution in [0.3, 0.4) is 0 Å². The van der Waals surface area contributed by atoms with Crippen LogP contribution in [0.5, 0.6) is 0 Å². The van der Waals surface area contributed by atoms with Gasteiger partial charge in [0.05, 0.1) is 18.0 Å². The highest BCUT2D eigenvalue weighted by atomic mass is 16.3. The second-order valence-electron chi connectivity index (χ2n) is 5.17. The van der Waals surface area contributed by atoms with Crippen LogP contribution < -0.4 is 10.6 Å². The second kappa shape index (κ2) is 8.19. The average molecular weight is 302 g/mol. The summed E-state index contributed by atoms with van der Waals surface area (Å²) in [7, 11) is 0. The topological polar surface area (TPSA) is 79.2 Å². The molecule has 1 atom stereocenters. The molecule has 0 aliphatic carbocycles. The van der Waals surface area contributed by atoms with Gasteiger partial charge in [-0.05, 0) is 12.0 Å². The molecule has 0 aliphatic heterocycles. The fraction of sp³-hybridized carbons (Fsp3) is 0.375. The lowest BCUT2D eigenvalue weighted by Crippen LogP contribution is -2.36. The molecule has 1 aromatic carbocycles. The minimum Gasteiger partial charge on any atom is -0.391 e. The highest BCUT2D eigenvalue weighted by molar-refractivity contribution is 5.88. The van der Waals surface area contributed by atoms with Crippen LogP contribution in [-0.4, -0.2) is 33.6 Å². The van der Waals surface area contributed by atoms with E-state index < -0.39 is 6.10 Å². The van der Waals surface area contributed by atoms with Crippen molar-refractivity contribution in [3.05, 3.63) is 48.3 Å². The molecule has 1 unspecified atom stereocenters. The first-order valence-electron chi connectivity index (χ1n) is 7.46. The summed E-state index contributed by atoms with van der Waals surface area (Å²) in [6, 6.07) is 9.34. The van der Waals surface area contributed by atoms with Gasteiger partial charge in [0.2, 0.25) is 0 Å². The molecule has 0 saturated carbocycles. The Kier molecular flexibility index (Phi) is 5.97. The minimum absolute atomic E-state index is 0.198. The maximum Gasteiger partial charge on any atom is 0.319 e. The largest absolute Gasteiger partial charge is 0.391 e. The standard InChI is InChI=1S/C16H22N4O2/c1-2-8-20-12-14(10-18-20)19-16(22)17-11-15(21)9-13-6-4-3-5-7-13/h3-7,10,12,15,21H,2,8-9,11H2,1H3,(H2,17,19,22). The van der Waals surface area contributed by atoms with Gasteiger partial charge in [-0.15, -0.1) is 0 Å². The number of rotatable bonds is 7. The number of nitrogens with zero attached hydrogens (tertiary/aromatic N) is 2. The van der Waals surface area contributed by atoms with Gasteiger partial charge in [-0.2, -0.15) is 5.10 Å². The molecule has 0 bridgehead atoms. The zero-order chi connectivity index (χ0) is 15.8. The van der Waals surface area contributed by atoms with E-state index in [4.69, 9.17) is 0 Å². The highest BCUT2D eigenvalue weighted by Gasteiger charge is 2.09. The Labute approximate surface area is 130 Å².